The van der Waals surface area contributed by atoms with Crippen molar-refractivity contribution in [3.63, 3.8) is 0 Å². The Morgan fingerprint density at radius 2 is 2.00 bits per heavy atom. The summed E-state index contributed by atoms with van der Waals surface area (Å²) in [6.45, 7) is 1.98. The van der Waals surface area contributed by atoms with Crippen LogP contribution >= 0.6 is 0 Å². The molecule has 2 N–H and O–H groups in total. The zero-order chi connectivity index (χ0) is 14.8. The molecule has 2 unspecified atom stereocenters. The summed E-state index contributed by atoms with van der Waals surface area (Å²) in [5, 5.41) is 0. The molecule has 0 saturated heterocycles. The van der Waals surface area contributed by atoms with Crippen LogP contribution in [-0.4, -0.2) is 0 Å². The highest BCUT2D eigenvalue weighted by Crippen LogP contribution is 2.34. The summed E-state index contributed by atoms with van der Waals surface area (Å²) in [6.07, 6.45) is 4.35. The van der Waals surface area contributed by atoms with Gasteiger partial charge in [-0.05, 0) is 72.9 Å². The normalized spacial score (nSPS) is 21.7. The van der Waals surface area contributed by atoms with Crippen molar-refractivity contribution in [3.8, 4) is 0 Å². The maximum atomic E-state index is 13.2. The number of hydrogen-bond donors (Lipinski definition) is 1. The molecular weight excluding hydrogens is 261 g/mol. The number of fused-ring (bicyclic) bond motifs is 1. The summed E-state index contributed by atoms with van der Waals surface area (Å²) in [4.78, 5) is 0. The average molecular weight is 283 g/mol. The van der Waals surface area contributed by atoms with E-state index >= 15 is 0 Å². The van der Waals surface area contributed by atoms with Crippen LogP contribution in [0.2, 0.25) is 0 Å². The first-order chi connectivity index (χ1) is 10.1. The van der Waals surface area contributed by atoms with Crippen LogP contribution in [0, 0.1) is 18.7 Å². The number of aryl methyl sites for hydroxylation is 2. The maximum Gasteiger partial charge on any atom is 0.123 e. The van der Waals surface area contributed by atoms with Crippen molar-refractivity contribution in [2.24, 2.45) is 11.7 Å². The molecule has 1 aliphatic carbocycles. The zero-order valence-electron chi connectivity index (χ0n) is 12.5. The number of halogens is 1. The van der Waals surface area contributed by atoms with Gasteiger partial charge in [-0.1, -0.05) is 30.3 Å². The number of hydrogen-bond acceptors (Lipinski definition) is 1. The van der Waals surface area contributed by atoms with Crippen molar-refractivity contribution >= 4 is 0 Å². The quantitative estimate of drug-likeness (QED) is 0.816. The van der Waals surface area contributed by atoms with Gasteiger partial charge in [-0.3, -0.25) is 0 Å². The van der Waals surface area contributed by atoms with Gasteiger partial charge in [-0.15, -0.1) is 0 Å². The second-order valence-electron chi connectivity index (χ2n) is 6.15. The Hall–Kier alpha value is -1.67. The summed E-state index contributed by atoms with van der Waals surface area (Å²) >= 11 is 0. The molecule has 1 nitrogen and oxygen atoms in total. The Morgan fingerprint density at radius 3 is 2.81 bits per heavy atom. The van der Waals surface area contributed by atoms with Gasteiger partial charge in [-0.25, -0.2) is 4.39 Å². The molecule has 2 atom stereocenters. The summed E-state index contributed by atoms with van der Waals surface area (Å²) in [6, 6.07) is 13.7. The second-order valence-corrected chi connectivity index (χ2v) is 6.15. The molecule has 3 rings (SSSR count). The third-order valence-corrected chi connectivity index (χ3v) is 4.73. The standard InChI is InChI=1S/C19H22FN/c1-13-11-17(20)10-9-15(13)12-16-7-4-6-14-5-2-3-8-18(14)19(16)21/h2-3,5,8-11,16,19H,4,6-7,12,21H2,1H3. The van der Waals surface area contributed by atoms with E-state index in [1.165, 1.54) is 23.1 Å². The predicted molar refractivity (Wildman–Crippen MR) is 84.6 cm³/mol. The van der Waals surface area contributed by atoms with E-state index in [1.54, 1.807) is 12.1 Å². The monoisotopic (exact) mass is 283 g/mol. The smallest absolute Gasteiger partial charge is 0.123 e. The molecule has 0 fully saturated rings. The fourth-order valence-corrected chi connectivity index (χ4v) is 3.48. The van der Waals surface area contributed by atoms with Gasteiger partial charge >= 0.3 is 0 Å². The molecule has 110 valence electrons. The molecule has 0 spiro atoms. The largest absolute Gasteiger partial charge is 0.324 e. The predicted octanol–water partition coefficient (Wildman–Crippen LogP) is 4.33. The molecule has 2 aromatic carbocycles. The van der Waals surface area contributed by atoms with E-state index in [2.05, 4.69) is 24.3 Å². The van der Waals surface area contributed by atoms with Crippen molar-refractivity contribution in [1.82, 2.24) is 0 Å². The van der Waals surface area contributed by atoms with Gasteiger partial charge in [0.1, 0.15) is 5.82 Å². The first-order valence-electron chi connectivity index (χ1n) is 7.73. The van der Waals surface area contributed by atoms with Crippen LogP contribution in [0.3, 0.4) is 0 Å². The van der Waals surface area contributed by atoms with Gasteiger partial charge < -0.3 is 5.73 Å². The second kappa shape index (κ2) is 5.98. The molecule has 0 saturated carbocycles. The molecule has 1 aliphatic rings. The highest BCUT2D eigenvalue weighted by molar-refractivity contribution is 5.33. The molecule has 21 heavy (non-hydrogen) atoms. The van der Waals surface area contributed by atoms with E-state index in [4.69, 9.17) is 5.73 Å². The number of benzene rings is 2. The lowest BCUT2D eigenvalue weighted by Crippen LogP contribution is -2.23. The SMILES string of the molecule is Cc1cc(F)ccc1CC1CCCc2ccccc2C1N. The van der Waals surface area contributed by atoms with Gasteiger partial charge in [0.25, 0.3) is 0 Å². The molecule has 0 aromatic heterocycles. The minimum Gasteiger partial charge on any atom is -0.324 e. The molecule has 2 heteroatoms. The van der Waals surface area contributed by atoms with E-state index in [-0.39, 0.29) is 11.9 Å². The first kappa shape index (κ1) is 14.3. The van der Waals surface area contributed by atoms with Gasteiger partial charge in [0.2, 0.25) is 0 Å². The summed E-state index contributed by atoms with van der Waals surface area (Å²) in [5.41, 5.74) is 11.5. The fourth-order valence-electron chi connectivity index (χ4n) is 3.48. The van der Waals surface area contributed by atoms with E-state index in [9.17, 15) is 4.39 Å². The van der Waals surface area contributed by atoms with E-state index in [0.717, 1.165) is 24.8 Å². The van der Waals surface area contributed by atoms with Crippen LogP contribution in [0.4, 0.5) is 4.39 Å². The lowest BCUT2D eigenvalue weighted by atomic mass is 9.85. The van der Waals surface area contributed by atoms with Gasteiger partial charge in [0, 0.05) is 6.04 Å². The third-order valence-electron chi connectivity index (χ3n) is 4.73. The minimum atomic E-state index is -0.160. The molecule has 0 bridgehead atoms. The first-order valence-corrected chi connectivity index (χ1v) is 7.73. The van der Waals surface area contributed by atoms with E-state index in [1.807, 2.05) is 13.0 Å². The molecule has 0 radical (unpaired) electrons. The van der Waals surface area contributed by atoms with Crippen molar-refractivity contribution in [3.05, 3.63) is 70.5 Å². The van der Waals surface area contributed by atoms with Crippen LogP contribution in [0.25, 0.3) is 0 Å². The number of rotatable bonds is 2. The number of nitrogens with two attached hydrogens (primary N) is 1. The average Bonchev–Trinajstić information content (AvgIpc) is 2.63. The summed E-state index contributed by atoms with van der Waals surface area (Å²) < 4.78 is 13.2. The van der Waals surface area contributed by atoms with Crippen molar-refractivity contribution < 1.29 is 4.39 Å². The Morgan fingerprint density at radius 1 is 1.19 bits per heavy atom. The van der Waals surface area contributed by atoms with Crippen LogP contribution in [0.1, 0.15) is 41.1 Å². The van der Waals surface area contributed by atoms with Crippen LogP contribution < -0.4 is 5.73 Å². The lowest BCUT2D eigenvalue weighted by molar-refractivity contribution is 0.401. The lowest BCUT2D eigenvalue weighted by Gasteiger charge is -2.24. The van der Waals surface area contributed by atoms with Gasteiger partial charge in [0.05, 0.1) is 0 Å². The third kappa shape index (κ3) is 3.01. The summed E-state index contributed by atoms with van der Waals surface area (Å²) in [5.74, 6) is 0.268. The Labute approximate surface area is 126 Å². The highest BCUT2D eigenvalue weighted by atomic mass is 19.1. The maximum absolute atomic E-state index is 13.2. The van der Waals surface area contributed by atoms with Gasteiger partial charge in [-0.2, -0.15) is 0 Å². The van der Waals surface area contributed by atoms with Crippen LogP contribution in [0.5, 0.6) is 0 Å². The fraction of sp³-hybridized carbons (Fsp3) is 0.368. The molecule has 2 aromatic rings. The Balaban J connectivity index is 1.86. The Kier molecular flexibility index (Phi) is 4.07. The van der Waals surface area contributed by atoms with Crippen molar-refractivity contribution in [1.29, 1.82) is 0 Å². The minimum absolute atomic E-state index is 0.0770. The molecular formula is C19H22FN. The molecule has 0 aliphatic heterocycles. The van der Waals surface area contributed by atoms with E-state index < -0.39 is 0 Å². The molecule has 0 amide bonds. The van der Waals surface area contributed by atoms with Crippen LogP contribution in [-0.2, 0) is 12.8 Å². The molecule has 0 heterocycles. The zero-order valence-corrected chi connectivity index (χ0v) is 12.5. The topological polar surface area (TPSA) is 26.0 Å². The van der Waals surface area contributed by atoms with Crippen molar-refractivity contribution in [2.45, 2.75) is 38.6 Å². The van der Waals surface area contributed by atoms with E-state index in [0.29, 0.717) is 5.92 Å². The van der Waals surface area contributed by atoms with Gasteiger partial charge in [0.15, 0.2) is 0 Å². The summed E-state index contributed by atoms with van der Waals surface area (Å²) in [7, 11) is 0. The van der Waals surface area contributed by atoms with Crippen molar-refractivity contribution in [2.75, 3.05) is 0 Å². The van der Waals surface area contributed by atoms with Crippen LogP contribution in [0.15, 0.2) is 42.5 Å². The highest BCUT2D eigenvalue weighted by Gasteiger charge is 2.25. The Bertz CT molecular complexity index is 635.